The number of hydrogen-bond donors (Lipinski definition) is 1. The summed E-state index contributed by atoms with van der Waals surface area (Å²) < 4.78 is 18.9. The molecule has 0 atom stereocenters. The van der Waals surface area contributed by atoms with E-state index in [0.29, 0.717) is 31.5 Å². The number of nitrogens with zero attached hydrogens (tertiary/aromatic N) is 1. The lowest BCUT2D eigenvalue weighted by atomic mass is 9.89. The third kappa shape index (κ3) is 4.03. The molecule has 0 aromatic heterocycles. The number of phenolic OH excluding ortho intramolecular Hbond substituents is 1. The molecule has 0 saturated carbocycles. The first kappa shape index (κ1) is 16.9. The lowest BCUT2D eigenvalue weighted by Crippen LogP contribution is -2.41. The Labute approximate surface area is 134 Å². The van der Waals surface area contributed by atoms with Crippen molar-refractivity contribution >= 4 is 17.7 Å². The smallest absolute Gasteiger partial charge is 0.410 e. The van der Waals surface area contributed by atoms with Crippen LogP contribution in [0.5, 0.6) is 5.75 Å². The number of rotatable bonds is 1. The maximum absolute atomic E-state index is 13.6. The van der Waals surface area contributed by atoms with Crippen LogP contribution in [0.3, 0.4) is 0 Å². The summed E-state index contributed by atoms with van der Waals surface area (Å²) in [5, 5.41) is 10.1. The Morgan fingerprint density at radius 2 is 1.95 bits per heavy atom. The van der Waals surface area contributed by atoms with E-state index in [4.69, 9.17) is 16.3 Å². The van der Waals surface area contributed by atoms with E-state index in [2.05, 4.69) is 0 Å². The molecule has 1 aromatic rings. The van der Waals surface area contributed by atoms with Gasteiger partial charge >= 0.3 is 6.09 Å². The van der Waals surface area contributed by atoms with Crippen molar-refractivity contribution in [3.05, 3.63) is 28.5 Å². The molecular weight excluding hydrogens is 309 g/mol. The van der Waals surface area contributed by atoms with Crippen molar-refractivity contribution in [1.29, 1.82) is 0 Å². The average Bonchev–Trinajstić information content (AvgIpc) is 2.41. The molecule has 4 nitrogen and oxygen atoms in total. The zero-order chi connectivity index (χ0) is 16.5. The van der Waals surface area contributed by atoms with E-state index in [1.54, 1.807) is 11.0 Å². The maximum atomic E-state index is 13.6. The molecule has 0 unspecified atom stereocenters. The first-order chi connectivity index (χ1) is 10.2. The SMILES string of the molecule is CC(C)(C)OC(=O)N1CCC(c2cc(Cl)cc(F)c2O)CC1. The predicted molar refractivity (Wildman–Crippen MR) is 82.9 cm³/mol. The number of phenols is 1. The topological polar surface area (TPSA) is 49.8 Å². The molecule has 0 aliphatic carbocycles. The van der Waals surface area contributed by atoms with Crippen LogP contribution in [0.4, 0.5) is 9.18 Å². The Bertz CT molecular complexity index is 563. The second-order valence-electron chi connectivity index (χ2n) is 6.57. The second kappa shape index (κ2) is 6.32. The van der Waals surface area contributed by atoms with Crippen molar-refractivity contribution in [2.45, 2.75) is 45.1 Å². The molecule has 6 heteroatoms. The van der Waals surface area contributed by atoms with Gasteiger partial charge in [0.1, 0.15) is 5.60 Å². The first-order valence-electron chi connectivity index (χ1n) is 7.33. The third-order valence-corrected chi connectivity index (χ3v) is 3.86. The molecule has 0 spiro atoms. The molecule has 1 N–H and O–H groups in total. The van der Waals surface area contributed by atoms with Gasteiger partial charge in [-0.15, -0.1) is 0 Å². The molecule has 1 amide bonds. The van der Waals surface area contributed by atoms with Gasteiger partial charge in [0.25, 0.3) is 0 Å². The Hall–Kier alpha value is -1.49. The number of ether oxygens (including phenoxy) is 1. The fraction of sp³-hybridized carbons (Fsp3) is 0.562. The highest BCUT2D eigenvalue weighted by atomic mass is 35.5. The van der Waals surface area contributed by atoms with E-state index in [-0.39, 0.29) is 22.8 Å². The molecule has 0 radical (unpaired) electrons. The summed E-state index contributed by atoms with van der Waals surface area (Å²) in [6, 6.07) is 2.68. The van der Waals surface area contributed by atoms with Crippen LogP contribution in [0, 0.1) is 5.82 Å². The summed E-state index contributed by atoms with van der Waals surface area (Å²) in [5.74, 6) is -1.08. The van der Waals surface area contributed by atoms with Crippen LogP contribution < -0.4 is 0 Å². The highest BCUT2D eigenvalue weighted by molar-refractivity contribution is 6.30. The van der Waals surface area contributed by atoms with Gasteiger partial charge in [-0.25, -0.2) is 9.18 Å². The Kier molecular flexibility index (Phi) is 4.85. The molecule has 2 rings (SSSR count). The molecule has 1 aromatic carbocycles. The van der Waals surface area contributed by atoms with Crippen LogP contribution in [0.15, 0.2) is 12.1 Å². The molecule has 22 heavy (non-hydrogen) atoms. The van der Waals surface area contributed by atoms with Gasteiger partial charge in [0.05, 0.1) is 0 Å². The standard InChI is InChI=1S/C16H21ClFNO3/c1-16(2,3)22-15(21)19-6-4-10(5-7-19)12-8-11(17)9-13(18)14(12)20/h8-10,20H,4-7H2,1-3H3. The van der Waals surface area contributed by atoms with Gasteiger partial charge in [0, 0.05) is 23.7 Å². The van der Waals surface area contributed by atoms with E-state index in [1.165, 1.54) is 0 Å². The predicted octanol–water partition coefficient (Wildman–Crippen LogP) is 4.30. The van der Waals surface area contributed by atoms with Crippen LogP contribution in [0.2, 0.25) is 5.02 Å². The molecule has 1 saturated heterocycles. The Morgan fingerprint density at radius 1 is 1.36 bits per heavy atom. The molecule has 0 bridgehead atoms. The number of halogens is 2. The van der Waals surface area contributed by atoms with Gasteiger partial charge in [-0.3, -0.25) is 0 Å². The van der Waals surface area contributed by atoms with Crippen LogP contribution in [0.1, 0.15) is 45.1 Å². The van der Waals surface area contributed by atoms with Crippen LogP contribution in [-0.4, -0.2) is 34.8 Å². The summed E-state index contributed by atoms with van der Waals surface area (Å²) in [6.45, 7) is 6.49. The lowest BCUT2D eigenvalue weighted by molar-refractivity contribution is 0.0204. The normalized spacial score (nSPS) is 16.7. The van der Waals surface area contributed by atoms with Crippen molar-refractivity contribution < 1.29 is 19.0 Å². The van der Waals surface area contributed by atoms with Gasteiger partial charge in [-0.2, -0.15) is 0 Å². The summed E-state index contributed by atoms with van der Waals surface area (Å²) in [5.41, 5.74) is -0.0173. The maximum Gasteiger partial charge on any atom is 0.410 e. The zero-order valence-electron chi connectivity index (χ0n) is 13.0. The molecule has 122 valence electrons. The Balaban J connectivity index is 2.02. The summed E-state index contributed by atoms with van der Waals surface area (Å²) in [4.78, 5) is 13.6. The van der Waals surface area contributed by atoms with E-state index in [9.17, 15) is 14.3 Å². The first-order valence-corrected chi connectivity index (χ1v) is 7.71. The molecule has 1 aliphatic heterocycles. The fourth-order valence-electron chi connectivity index (χ4n) is 2.60. The Morgan fingerprint density at radius 3 is 2.50 bits per heavy atom. The van der Waals surface area contributed by atoms with Crippen molar-refractivity contribution in [3.63, 3.8) is 0 Å². The van der Waals surface area contributed by atoms with Gasteiger partial charge < -0.3 is 14.7 Å². The number of aromatic hydroxyl groups is 1. The highest BCUT2D eigenvalue weighted by Gasteiger charge is 2.29. The van der Waals surface area contributed by atoms with E-state index in [1.807, 2.05) is 20.8 Å². The molecule has 1 heterocycles. The van der Waals surface area contributed by atoms with E-state index < -0.39 is 11.4 Å². The fourth-order valence-corrected chi connectivity index (χ4v) is 2.81. The number of hydrogen-bond acceptors (Lipinski definition) is 3. The number of piperidine rings is 1. The van der Waals surface area contributed by atoms with E-state index in [0.717, 1.165) is 6.07 Å². The monoisotopic (exact) mass is 329 g/mol. The molecular formula is C16H21ClFNO3. The minimum atomic E-state index is -0.711. The van der Waals surface area contributed by atoms with Crippen LogP contribution in [0.25, 0.3) is 0 Å². The van der Waals surface area contributed by atoms with Gasteiger partial charge in [0.2, 0.25) is 0 Å². The van der Waals surface area contributed by atoms with Crippen molar-refractivity contribution in [2.75, 3.05) is 13.1 Å². The van der Waals surface area contributed by atoms with Gasteiger partial charge in [0.15, 0.2) is 11.6 Å². The minimum absolute atomic E-state index is 0.0214. The van der Waals surface area contributed by atoms with Crippen LogP contribution >= 0.6 is 11.6 Å². The largest absolute Gasteiger partial charge is 0.505 e. The quantitative estimate of drug-likeness (QED) is 0.835. The number of benzene rings is 1. The average molecular weight is 330 g/mol. The number of carbonyl (C=O) groups excluding carboxylic acids is 1. The minimum Gasteiger partial charge on any atom is -0.505 e. The van der Waals surface area contributed by atoms with Crippen molar-refractivity contribution in [3.8, 4) is 5.75 Å². The molecule has 1 fully saturated rings. The third-order valence-electron chi connectivity index (χ3n) is 3.64. The zero-order valence-corrected chi connectivity index (χ0v) is 13.8. The number of likely N-dealkylation sites (tertiary alicyclic amines) is 1. The van der Waals surface area contributed by atoms with Crippen LogP contribution in [-0.2, 0) is 4.74 Å². The summed E-state index contributed by atoms with van der Waals surface area (Å²) >= 11 is 5.86. The number of amides is 1. The van der Waals surface area contributed by atoms with Gasteiger partial charge in [-0.05, 0) is 51.7 Å². The molecule has 1 aliphatic rings. The second-order valence-corrected chi connectivity index (χ2v) is 7.00. The van der Waals surface area contributed by atoms with Crippen molar-refractivity contribution in [1.82, 2.24) is 4.90 Å². The van der Waals surface area contributed by atoms with E-state index >= 15 is 0 Å². The summed E-state index contributed by atoms with van der Waals surface area (Å²) in [6.07, 6.45) is 0.923. The van der Waals surface area contributed by atoms with Crippen molar-refractivity contribution in [2.24, 2.45) is 0 Å². The summed E-state index contributed by atoms with van der Waals surface area (Å²) in [7, 11) is 0. The van der Waals surface area contributed by atoms with Gasteiger partial charge in [-0.1, -0.05) is 11.6 Å². The lowest BCUT2D eigenvalue weighted by Gasteiger charge is -2.33. The number of carbonyl (C=O) groups is 1. The highest BCUT2D eigenvalue weighted by Crippen LogP contribution is 2.37.